The lowest BCUT2D eigenvalue weighted by Crippen LogP contribution is -2.17. The van der Waals surface area contributed by atoms with E-state index in [0.717, 1.165) is 41.4 Å². The highest BCUT2D eigenvalue weighted by Crippen LogP contribution is 2.39. The monoisotopic (exact) mass is 403 g/mol. The first kappa shape index (κ1) is 19.9. The molecule has 0 saturated heterocycles. The number of fused-ring (bicyclic) bond motifs is 1. The van der Waals surface area contributed by atoms with Crippen LogP contribution in [0.25, 0.3) is 0 Å². The summed E-state index contributed by atoms with van der Waals surface area (Å²) in [7, 11) is 2.00. The normalized spacial score (nSPS) is 15.2. The highest BCUT2D eigenvalue weighted by atomic mass is 16.5. The van der Waals surface area contributed by atoms with Crippen LogP contribution in [0.5, 0.6) is 5.75 Å². The number of hydrogen-bond acceptors (Lipinski definition) is 5. The molecule has 4 rings (SSSR count). The number of aromatic nitrogens is 2. The lowest BCUT2D eigenvalue weighted by Gasteiger charge is -2.28. The summed E-state index contributed by atoms with van der Waals surface area (Å²) < 4.78 is 5.96. The maximum absolute atomic E-state index is 11.5. The third-order valence-electron chi connectivity index (χ3n) is 5.66. The summed E-state index contributed by atoms with van der Waals surface area (Å²) in [5.74, 6) is 1.21. The number of aryl methyl sites for hydroxylation is 2. The van der Waals surface area contributed by atoms with Gasteiger partial charge in [-0.3, -0.25) is 4.98 Å². The van der Waals surface area contributed by atoms with Crippen molar-refractivity contribution in [2.24, 2.45) is 0 Å². The Morgan fingerprint density at radius 1 is 1.27 bits per heavy atom. The van der Waals surface area contributed by atoms with E-state index in [4.69, 9.17) is 4.74 Å². The molecule has 0 bridgehead atoms. The Morgan fingerprint density at radius 2 is 2.13 bits per heavy atom. The van der Waals surface area contributed by atoms with Crippen molar-refractivity contribution in [1.29, 1.82) is 0 Å². The predicted molar refractivity (Wildman–Crippen MR) is 116 cm³/mol. The van der Waals surface area contributed by atoms with Crippen molar-refractivity contribution in [1.82, 2.24) is 9.97 Å². The van der Waals surface area contributed by atoms with E-state index in [-0.39, 0.29) is 0 Å². The predicted octanol–water partition coefficient (Wildman–Crippen LogP) is 4.75. The Balaban J connectivity index is 1.53. The molecule has 1 aliphatic heterocycles. The molecule has 0 fully saturated rings. The summed E-state index contributed by atoms with van der Waals surface area (Å²) in [6.45, 7) is 2.64. The molecule has 1 atom stereocenters. The van der Waals surface area contributed by atoms with E-state index >= 15 is 0 Å². The molecular formula is C24H25N3O3. The van der Waals surface area contributed by atoms with Crippen LogP contribution in [-0.2, 0) is 6.42 Å². The lowest BCUT2D eigenvalue weighted by atomic mass is 9.87. The SMILES string of the molecule is Cc1cccc(N(C)c2ccc3c(c2)OCC[C@H]3CCc2cnccc2C(=O)O)n1. The molecule has 3 aromatic rings. The van der Waals surface area contributed by atoms with Gasteiger partial charge in [0.1, 0.15) is 11.6 Å². The molecule has 6 heteroatoms. The topological polar surface area (TPSA) is 75.5 Å². The Labute approximate surface area is 176 Å². The largest absolute Gasteiger partial charge is 0.493 e. The number of anilines is 2. The number of hydrogen-bond donors (Lipinski definition) is 1. The maximum atomic E-state index is 11.5. The van der Waals surface area contributed by atoms with Crippen LogP contribution in [0.3, 0.4) is 0 Å². The molecule has 3 heterocycles. The summed E-state index contributed by atoms with van der Waals surface area (Å²) in [5, 5.41) is 9.40. The molecule has 1 N–H and O–H groups in total. The molecule has 1 aromatic carbocycles. The lowest BCUT2D eigenvalue weighted by molar-refractivity contribution is 0.0695. The molecular weight excluding hydrogens is 378 g/mol. The van der Waals surface area contributed by atoms with E-state index in [1.54, 1.807) is 12.3 Å². The van der Waals surface area contributed by atoms with Gasteiger partial charge in [0.2, 0.25) is 0 Å². The number of carboxylic acids is 1. The Hall–Kier alpha value is -3.41. The van der Waals surface area contributed by atoms with Crippen LogP contribution in [0, 0.1) is 6.92 Å². The molecule has 154 valence electrons. The number of aromatic carboxylic acids is 1. The van der Waals surface area contributed by atoms with Gasteiger partial charge >= 0.3 is 5.97 Å². The van der Waals surface area contributed by atoms with Crippen LogP contribution < -0.4 is 9.64 Å². The van der Waals surface area contributed by atoms with Gasteiger partial charge in [0.25, 0.3) is 0 Å². The van der Waals surface area contributed by atoms with E-state index < -0.39 is 5.97 Å². The number of carboxylic acid groups (broad SMARTS) is 1. The van der Waals surface area contributed by atoms with E-state index in [1.807, 2.05) is 32.2 Å². The number of pyridine rings is 2. The van der Waals surface area contributed by atoms with Crippen molar-refractivity contribution in [2.75, 3.05) is 18.6 Å². The standard InChI is InChI=1S/C24H25N3O3/c1-16-4-3-5-23(26-16)27(2)19-8-9-20-17(11-13-30-22(20)14-19)6-7-18-15-25-12-10-21(18)24(28)29/h3-5,8-10,12,14-15,17H,6-7,11,13H2,1-2H3,(H,28,29)/t17-/m1/s1. The number of nitrogens with zero attached hydrogens (tertiary/aromatic N) is 3. The van der Waals surface area contributed by atoms with Gasteiger partial charge in [-0.2, -0.15) is 0 Å². The number of rotatable bonds is 6. The molecule has 30 heavy (non-hydrogen) atoms. The molecule has 1 aliphatic rings. The van der Waals surface area contributed by atoms with Crippen LogP contribution in [0.1, 0.15) is 45.9 Å². The van der Waals surface area contributed by atoms with Crippen LogP contribution >= 0.6 is 0 Å². The first-order chi connectivity index (χ1) is 14.5. The van der Waals surface area contributed by atoms with Gasteiger partial charge in [-0.25, -0.2) is 9.78 Å². The molecule has 0 spiro atoms. The molecule has 2 aromatic heterocycles. The third kappa shape index (κ3) is 4.13. The molecule has 0 amide bonds. The summed E-state index contributed by atoms with van der Waals surface area (Å²) in [4.78, 5) is 22.2. The smallest absolute Gasteiger partial charge is 0.336 e. The fourth-order valence-electron chi connectivity index (χ4n) is 3.97. The maximum Gasteiger partial charge on any atom is 0.336 e. The van der Waals surface area contributed by atoms with Crippen molar-refractivity contribution in [3.05, 3.63) is 77.2 Å². The summed E-state index contributed by atoms with van der Waals surface area (Å²) in [5.41, 5.74) is 4.29. The second kappa shape index (κ2) is 8.53. The van der Waals surface area contributed by atoms with Crippen molar-refractivity contribution in [3.63, 3.8) is 0 Å². The van der Waals surface area contributed by atoms with Gasteiger partial charge in [0, 0.05) is 36.9 Å². The Morgan fingerprint density at radius 3 is 2.93 bits per heavy atom. The minimum atomic E-state index is -0.905. The van der Waals surface area contributed by atoms with Crippen molar-refractivity contribution < 1.29 is 14.6 Å². The number of benzene rings is 1. The highest BCUT2D eigenvalue weighted by molar-refractivity contribution is 5.89. The zero-order valence-corrected chi connectivity index (χ0v) is 17.2. The van der Waals surface area contributed by atoms with Crippen molar-refractivity contribution in [2.45, 2.75) is 32.1 Å². The van der Waals surface area contributed by atoms with Gasteiger partial charge in [0.05, 0.1) is 12.2 Å². The van der Waals surface area contributed by atoms with E-state index in [9.17, 15) is 9.90 Å². The van der Waals surface area contributed by atoms with E-state index in [2.05, 4.69) is 33.1 Å². The average Bonchev–Trinajstić information content (AvgIpc) is 2.76. The highest BCUT2D eigenvalue weighted by Gasteiger charge is 2.23. The van der Waals surface area contributed by atoms with Gasteiger partial charge in [-0.1, -0.05) is 12.1 Å². The minimum Gasteiger partial charge on any atom is -0.493 e. The quantitative estimate of drug-likeness (QED) is 0.640. The summed E-state index contributed by atoms with van der Waals surface area (Å²) >= 11 is 0. The number of ether oxygens (including phenoxy) is 1. The third-order valence-corrected chi connectivity index (χ3v) is 5.66. The molecule has 0 unspecified atom stereocenters. The molecule has 0 aliphatic carbocycles. The molecule has 0 radical (unpaired) electrons. The minimum absolute atomic E-state index is 0.326. The zero-order valence-electron chi connectivity index (χ0n) is 17.2. The van der Waals surface area contributed by atoms with Gasteiger partial charge in [-0.15, -0.1) is 0 Å². The summed E-state index contributed by atoms with van der Waals surface area (Å²) in [6.07, 6.45) is 5.64. The second-order valence-electron chi connectivity index (χ2n) is 7.63. The van der Waals surface area contributed by atoms with Gasteiger partial charge in [0.15, 0.2) is 0 Å². The Kier molecular flexibility index (Phi) is 5.65. The van der Waals surface area contributed by atoms with Crippen LogP contribution in [0.2, 0.25) is 0 Å². The molecule has 6 nitrogen and oxygen atoms in total. The van der Waals surface area contributed by atoms with Gasteiger partial charge in [-0.05, 0) is 67.5 Å². The zero-order chi connectivity index (χ0) is 21.1. The second-order valence-corrected chi connectivity index (χ2v) is 7.63. The van der Waals surface area contributed by atoms with Crippen LogP contribution in [0.15, 0.2) is 54.9 Å². The van der Waals surface area contributed by atoms with Crippen LogP contribution in [-0.4, -0.2) is 34.7 Å². The number of carbonyl (C=O) groups is 1. The summed E-state index contributed by atoms with van der Waals surface area (Å²) in [6, 6.07) is 13.8. The van der Waals surface area contributed by atoms with Crippen molar-refractivity contribution in [3.8, 4) is 5.75 Å². The van der Waals surface area contributed by atoms with Crippen molar-refractivity contribution >= 4 is 17.5 Å². The fourth-order valence-corrected chi connectivity index (χ4v) is 3.97. The Bertz CT molecular complexity index is 1070. The van der Waals surface area contributed by atoms with E-state index in [1.165, 1.54) is 11.8 Å². The first-order valence-corrected chi connectivity index (χ1v) is 10.1. The molecule has 0 saturated carbocycles. The first-order valence-electron chi connectivity index (χ1n) is 10.1. The fraction of sp³-hybridized carbons (Fsp3) is 0.292. The van der Waals surface area contributed by atoms with Gasteiger partial charge < -0.3 is 14.7 Å². The average molecular weight is 403 g/mol. The van der Waals surface area contributed by atoms with Crippen LogP contribution in [0.4, 0.5) is 11.5 Å². The van der Waals surface area contributed by atoms with E-state index in [0.29, 0.717) is 24.5 Å².